The van der Waals surface area contributed by atoms with Crippen molar-refractivity contribution in [3.8, 4) is 11.5 Å². The van der Waals surface area contributed by atoms with Crippen molar-refractivity contribution in [2.45, 2.75) is 37.8 Å². The van der Waals surface area contributed by atoms with Gasteiger partial charge in [-0.25, -0.2) is 0 Å². The van der Waals surface area contributed by atoms with Crippen molar-refractivity contribution in [1.82, 2.24) is 0 Å². The predicted octanol–water partition coefficient (Wildman–Crippen LogP) is 3.41. The number of aryl methyl sites for hydroxylation is 2. The van der Waals surface area contributed by atoms with Gasteiger partial charge in [0.15, 0.2) is 17.6 Å². The van der Waals surface area contributed by atoms with Gasteiger partial charge in [-0.2, -0.15) is 0 Å². The third-order valence-corrected chi connectivity index (χ3v) is 4.69. The Labute approximate surface area is 131 Å². The van der Waals surface area contributed by atoms with Gasteiger partial charge in [-0.15, -0.1) is 0 Å². The van der Waals surface area contributed by atoms with Crippen LogP contribution in [0.3, 0.4) is 0 Å². The van der Waals surface area contributed by atoms with Crippen LogP contribution in [0.25, 0.3) is 0 Å². The van der Waals surface area contributed by atoms with Crippen LogP contribution in [0.2, 0.25) is 0 Å². The number of ether oxygens (including phenoxy) is 2. The molecule has 0 saturated heterocycles. The Morgan fingerprint density at radius 2 is 1.73 bits per heavy atom. The molecule has 2 aromatic carbocycles. The van der Waals surface area contributed by atoms with E-state index in [0.29, 0.717) is 6.61 Å². The molecule has 2 unspecified atom stereocenters. The van der Waals surface area contributed by atoms with Crippen LogP contribution in [0, 0.1) is 0 Å². The molecule has 0 saturated carbocycles. The van der Waals surface area contributed by atoms with Crippen molar-refractivity contribution in [1.29, 1.82) is 0 Å². The van der Waals surface area contributed by atoms with Crippen LogP contribution in [0.1, 0.15) is 35.6 Å². The van der Waals surface area contributed by atoms with E-state index in [0.717, 1.165) is 17.1 Å². The summed E-state index contributed by atoms with van der Waals surface area (Å²) in [6.45, 7) is 0.495. The van der Waals surface area contributed by atoms with E-state index in [1.807, 2.05) is 24.3 Å². The lowest BCUT2D eigenvalue weighted by atomic mass is 9.88. The summed E-state index contributed by atoms with van der Waals surface area (Å²) < 4.78 is 11.8. The van der Waals surface area contributed by atoms with E-state index >= 15 is 0 Å². The topological polar surface area (TPSA) is 44.5 Å². The second kappa shape index (κ2) is 5.65. The summed E-state index contributed by atoms with van der Waals surface area (Å²) in [5.41, 5.74) is 10.5. The van der Waals surface area contributed by atoms with Crippen LogP contribution in [-0.4, -0.2) is 12.7 Å². The van der Waals surface area contributed by atoms with Crippen molar-refractivity contribution in [3.05, 3.63) is 59.2 Å². The van der Waals surface area contributed by atoms with Crippen molar-refractivity contribution in [2.75, 3.05) is 6.61 Å². The molecule has 0 radical (unpaired) electrons. The van der Waals surface area contributed by atoms with Crippen LogP contribution in [0.4, 0.5) is 0 Å². The van der Waals surface area contributed by atoms with Crippen LogP contribution in [-0.2, 0) is 12.8 Å². The lowest BCUT2D eigenvalue weighted by molar-refractivity contribution is 0.0721. The molecule has 3 nitrogen and oxygen atoms in total. The Balaban J connectivity index is 1.56. The second-order valence-electron chi connectivity index (χ2n) is 6.18. The van der Waals surface area contributed by atoms with Crippen molar-refractivity contribution in [3.63, 3.8) is 0 Å². The Bertz CT molecular complexity index is 683. The number of rotatable bonds is 2. The van der Waals surface area contributed by atoms with Crippen LogP contribution < -0.4 is 15.2 Å². The lowest BCUT2D eigenvalue weighted by Gasteiger charge is -2.31. The number of nitrogens with two attached hydrogens (primary N) is 1. The fourth-order valence-electron chi connectivity index (χ4n) is 3.39. The Morgan fingerprint density at radius 3 is 2.59 bits per heavy atom. The average molecular weight is 295 g/mol. The van der Waals surface area contributed by atoms with Gasteiger partial charge in [0.2, 0.25) is 0 Å². The molecule has 1 heterocycles. The van der Waals surface area contributed by atoms with Gasteiger partial charge in [-0.05, 0) is 54.5 Å². The third-order valence-electron chi connectivity index (χ3n) is 4.69. The predicted molar refractivity (Wildman–Crippen MR) is 86.4 cm³/mol. The monoisotopic (exact) mass is 295 g/mol. The first-order valence-electron chi connectivity index (χ1n) is 8.07. The molecule has 1 aliphatic heterocycles. The summed E-state index contributed by atoms with van der Waals surface area (Å²) in [6, 6.07) is 14.3. The summed E-state index contributed by atoms with van der Waals surface area (Å²) in [4.78, 5) is 0. The number of fused-ring (bicyclic) bond motifs is 2. The van der Waals surface area contributed by atoms with Gasteiger partial charge in [-0.3, -0.25) is 0 Å². The number of hydrogen-bond acceptors (Lipinski definition) is 3. The standard InChI is InChI=1S/C19H21NO2/c20-19(15-10-9-13-5-1-2-6-14(13)11-15)18-12-21-16-7-3-4-8-17(16)22-18/h3-4,7-11,18-19H,1-2,5-6,12,20H2. The molecule has 3 heteroatoms. The minimum atomic E-state index is -0.166. The van der Waals surface area contributed by atoms with Gasteiger partial charge < -0.3 is 15.2 Å². The highest BCUT2D eigenvalue weighted by atomic mass is 16.6. The summed E-state index contributed by atoms with van der Waals surface area (Å²) in [5.74, 6) is 1.59. The molecule has 0 amide bonds. The molecular weight excluding hydrogens is 274 g/mol. The summed E-state index contributed by atoms with van der Waals surface area (Å²) in [7, 11) is 0. The zero-order valence-electron chi connectivity index (χ0n) is 12.6. The van der Waals surface area contributed by atoms with Crippen molar-refractivity contribution in [2.24, 2.45) is 5.73 Å². The Morgan fingerprint density at radius 1 is 0.955 bits per heavy atom. The smallest absolute Gasteiger partial charge is 0.161 e. The zero-order valence-corrected chi connectivity index (χ0v) is 12.6. The molecule has 2 aromatic rings. The fourth-order valence-corrected chi connectivity index (χ4v) is 3.39. The van der Waals surface area contributed by atoms with Crippen LogP contribution in [0.15, 0.2) is 42.5 Å². The van der Waals surface area contributed by atoms with E-state index in [1.54, 1.807) is 0 Å². The first-order chi connectivity index (χ1) is 10.8. The normalized spacial score (nSPS) is 21.0. The fraction of sp³-hybridized carbons (Fsp3) is 0.368. The number of benzene rings is 2. The molecule has 0 bridgehead atoms. The number of para-hydroxylation sites is 2. The first kappa shape index (κ1) is 13.6. The molecule has 1 aliphatic carbocycles. The van der Waals surface area contributed by atoms with Gasteiger partial charge in [0.25, 0.3) is 0 Å². The molecule has 4 rings (SSSR count). The van der Waals surface area contributed by atoms with E-state index in [4.69, 9.17) is 15.2 Å². The van der Waals surface area contributed by atoms with Gasteiger partial charge in [0.05, 0.1) is 6.04 Å². The molecule has 2 atom stereocenters. The summed E-state index contributed by atoms with van der Waals surface area (Å²) in [5, 5.41) is 0. The summed E-state index contributed by atoms with van der Waals surface area (Å²) in [6.07, 6.45) is 4.80. The molecule has 2 aliphatic rings. The van der Waals surface area contributed by atoms with E-state index in [2.05, 4.69) is 18.2 Å². The Hall–Kier alpha value is -2.00. The molecule has 0 fully saturated rings. The molecule has 2 N–H and O–H groups in total. The van der Waals surface area contributed by atoms with Gasteiger partial charge in [0.1, 0.15) is 6.61 Å². The van der Waals surface area contributed by atoms with Crippen molar-refractivity contribution >= 4 is 0 Å². The van der Waals surface area contributed by atoms with Gasteiger partial charge in [0, 0.05) is 0 Å². The Kier molecular flexibility index (Phi) is 3.51. The highest BCUT2D eigenvalue weighted by Gasteiger charge is 2.28. The maximum Gasteiger partial charge on any atom is 0.161 e. The maximum atomic E-state index is 6.46. The average Bonchev–Trinajstić information content (AvgIpc) is 2.60. The van der Waals surface area contributed by atoms with Crippen molar-refractivity contribution < 1.29 is 9.47 Å². The minimum absolute atomic E-state index is 0.142. The van der Waals surface area contributed by atoms with E-state index in [1.165, 1.54) is 36.8 Å². The van der Waals surface area contributed by atoms with Gasteiger partial charge in [-0.1, -0.05) is 30.3 Å². The van der Waals surface area contributed by atoms with E-state index in [9.17, 15) is 0 Å². The zero-order chi connectivity index (χ0) is 14.9. The minimum Gasteiger partial charge on any atom is -0.486 e. The van der Waals surface area contributed by atoms with Crippen LogP contribution >= 0.6 is 0 Å². The maximum absolute atomic E-state index is 6.46. The number of hydrogen-bond donors (Lipinski definition) is 1. The molecular formula is C19H21NO2. The second-order valence-corrected chi connectivity index (χ2v) is 6.18. The highest BCUT2D eigenvalue weighted by molar-refractivity contribution is 5.41. The molecule has 0 spiro atoms. The highest BCUT2D eigenvalue weighted by Crippen LogP contribution is 2.34. The molecule has 0 aromatic heterocycles. The van der Waals surface area contributed by atoms with E-state index < -0.39 is 0 Å². The van der Waals surface area contributed by atoms with Gasteiger partial charge >= 0.3 is 0 Å². The van der Waals surface area contributed by atoms with Crippen LogP contribution in [0.5, 0.6) is 11.5 Å². The quantitative estimate of drug-likeness (QED) is 0.923. The summed E-state index contributed by atoms with van der Waals surface area (Å²) >= 11 is 0. The SMILES string of the molecule is NC(c1ccc2c(c1)CCCC2)C1COc2ccccc2O1. The third kappa shape index (κ3) is 2.46. The largest absolute Gasteiger partial charge is 0.486 e. The lowest BCUT2D eigenvalue weighted by Crippen LogP contribution is -2.39. The molecule has 22 heavy (non-hydrogen) atoms. The first-order valence-corrected chi connectivity index (χ1v) is 8.07. The van der Waals surface area contributed by atoms with E-state index in [-0.39, 0.29) is 12.1 Å². The molecule has 114 valence electrons.